The molecule has 0 spiro atoms. The summed E-state index contributed by atoms with van der Waals surface area (Å²) in [6, 6.07) is 12.6. The molecule has 28 heavy (non-hydrogen) atoms. The molecule has 5 heteroatoms. The zero-order valence-corrected chi connectivity index (χ0v) is 17.7. The summed E-state index contributed by atoms with van der Waals surface area (Å²) in [7, 11) is -3.64. The summed E-state index contributed by atoms with van der Waals surface area (Å²) in [6.07, 6.45) is 3.07. The van der Waals surface area contributed by atoms with E-state index in [-0.39, 0.29) is 10.3 Å². The van der Waals surface area contributed by atoms with Crippen molar-refractivity contribution in [1.82, 2.24) is 0 Å². The van der Waals surface area contributed by atoms with Gasteiger partial charge in [-0.3, -0.25) is 4.72 Å². The monoisotopic (exact) mass is 397 g/mol. The van der Waals surface area contributed by atoms with Gasteiger partial charge in [0, 0.05) is 23.1 Å². The van der Waals surface area contributed by atoms with E-state index in [0.717, 1.165) is 41.6 Å². The van der Waals surface area contributed by atoms with Gasteiger partial charge in [-0.05, 0) is 60.1 Å². The maximum atomic E-state index is 12.8. The van der Waals surface area contributed by atoms with Crippen molar-refractivity contribution in [2.45, 2.75) is 57.3 Å². The van der Waals surface area contributed by atoms with Gasteiger partial charge in [-0.2, -0.15) is 0 Å². The minimum absolute atomic E-state index is 0.0152. The van der Waals surface area contributed by atoms with Gasteiger partial charge in [-0.15, -0.1) is 0 Å². The van der Waals surface area contributed by atoms with Crippen LogP contribution in [-0.2, 0) is 28.3 Å². The van der Waals surface area contributed by atoms with Gasteiger partial charge in [-0.25, -0.2) is 8.42 Å². The molecular formula is C23H27NO3S. The second-order valence-electron chi connectivity index (χ2n) is 8.94. The van der Waals surface area contributed by atoms with Crippen molar-refractivity contribution in [1.29, 1.82) is 0 Å². The molecule has 1 aliphatic rings. The highest BCUT2D eigenvalue weighted by atomic mass is 32.2. The average Bonchev–Trinajstić information content (AvgIpc) is 2.97. The van der Waals surface area contributed by atoms with Crippen LogP contribution < -0.4 is 4.72 Å². The molecular weight excluding hydrogens is 370 g/mol. The van der Waals surface area contributed by atoms with E-state index >= 15 is 0 Å². The van der Waals surface area contributed by atoms with Gasteiger partial charge < -0.3 is 4.42 Å². The van der Waals surface area contributed by atoms with Crippen LogP contribution in [0.2, 0.25) is 0 Å². The van der Waals surface area contributed by atoms with Gasteiger partial charge >= 0.3 is 0 Å². The lowest BCUT2D eigenvalue weighted by Gasteiger charge is -2.19. The van der Waals surface area contributed by atoms with Crippen LogP contribution in [0.5, 0.6) is 0 Å². The lowest BCUT2D eigenvalue weighted by Crippen LogP contribution is -2.15. The van der Waals surface area contributed by atoms with Crippen LogP contribution in [0.3, 0.4) is 0 Å². The van der Waals surface area contributed by atoms with Gasteiger partial charge in [0.2, 0.25) is 0 Å². The molecule has 0 saturated carbocycles. The summed E-state index contributed by atoms with van der Waals surface area (Å²) in [4.78, 5) is 0.267. The van der Waals surface area contributed by atoms with Gasteiger partial charge in [-0.1, -0.05) is 39.8 Å². The normalized spacial score (nSPS) is 17.5. The Morgan fingerprint density at radius 2 is 1.79 bits per heavy atom. The van der Waals surface area contributed by atoms with E-state index in [2.05, 4.69) is 32.4 Å². The first-order valence-electron chi connectivity index (χ1n) is 9.81. The fraction of sp³-hybridized carbons (Fsp3) is 0.391. The standard InChI is InChI=1S/C23H27NO3S/c1-15-5-11-19-20-14-17(8-12-21(20)27-22(19)13-15)24-28(25,26)18-9-6-16(7-10-18)23(2,3)4/h6-10,12,14-15,24H,5,11,13H2,1-4H3/t15-/m0/s1. The topological polar surface area (TPSA) is 59.3 Å². The molecule has 1 aromatic heterocycles. The molecule has 2 aromatic carbocycles. The number of benzene rings is 2. The van der Waals surface area contributed by atoms with Crippen molar-refractivity contribution >= 4 is 26.7 Å². The summed E-state index contributed by atoms with van der Waals surface area (Å²) in [5.41, 5.74) is 3.71. The molecule has 0 radical (unpaired) electrons. The minimum Gasteiger partial charge on any atom is -0.461 e. The Balaban J connectivity index is 1.63. The molecule has 0 unspecified atom stereocenters. The fourth-order valence-electron chi connectivity index (χ4n) is 3.86. The van der Waals surface area contributed by atoms with E-state index in [1.807, 2.05) is 24.3 Å². The van der Waals surface area contributed by atoms with Gasteiger partial charge in [0.05, 0.1) is 4.90 Å². The van der Waals surface area contributed by atoms with Crippen LogP contribution in [0.25, 0.3) is 11.0 Å². The number of nitrogens with one attached hydrogen (secondary N) is 1. The Bertz CT molecular complexity index is 1120. The number of sulfonamides is 1. The third kappa shape index (κ3) is 3.55. The first-order valence-corrected chi connectivity index (χ1v) is 11.3. The fourth-order valence-corrected chi connectivity index (χ4v) is 4.91. The predicted octanol–water partition coefficient (Wildman–Crippen LogP) is 5.66. The summed E-state index contributed by atoms with van der Waals surface area (Å²) < 4.78 is 34.4. The van der Waals surface area contributed by atoms with Gasteiger partial charge in [0.1, 0.15) is 11.3 Å². The Kier molecular flexibility index (Phi) is 4.53. The van der Waals surface area contributed by atoms with E-state index in [4.69, 9.17) is 4.42 Å². The Hall–Kier alpha value is -2.27. The molecule has 0 aliphatic heterocycles. The van der Waals surface area contributed by atoms with E-state index in [9.17, 15) is 8.42 Å². The molecule has 0 amide bonds. The van der Waals surface area contributed by atoms with Gasteiger partial charge in [0.15, 0.2) is 0 Å². The third-order valence-electron chi connectivity index (χ3n) is 5.58. The molecule has 1 atom stereocenters. The Morgan fingerprint density at radius 1 is 1.07 bits per heavy atom. The Morgan fingerprint density at radius 3 is 2.46 bits per heavy atom. The molecule has 1 N–H and O–H groups in total. The molecule has 1 heterocycles. The number of aryl methyl sites for hydroxylation is 1. The number of furan rings is 1. The van der Waals surface area contributed by atoms with Crippen molar-refractivity contribution in [3.05, 3.63) is 59.4 Å². The van der Waals surface area contributed by atoms with Crippen LogP contribution in [0.15, 0.2) is 51.8 Å². The summed E-state index contributed by atoms with van der Waals surface area (Å²) in [6.45, 7) is 8.56. The highest BCUT2D eigenvalue weighted by Crippen LogP contribution is 2.35. The average molecular weight is 398 g/mol. The predicted molar refractivity (Wildman–Crippen MR) is 113 cm³/mol. The lowest BCUT2D eigenvalue weighted by molar-refractivity contribution is 0.426. The van der Waals surface area contributed by atoms with E-state index in [0.29, 0.717) is 11.6 Å². The molecule has 1 aliphatic carbocycles. The quantitative estimate of drug-likeness (QED) is 0.621. The summed E-state index contributed by atoms with van der Waals surface area (Å²) in [5.74, 6) is 1.67. The molecule has 0 saturated heterocycles. The number of rotatable bonds is 3. The molecule has 0 fully saturated rings. The summed E-state index contributed by atoms with van der Waals surface area (Å²) in [5, 5.41) is 1.02. The van der Waals surface area contributed by atoms with Crippen molar-refractivity contribution < 1.29 is 12.8 Å². The maximum absolute atomic E-state index is 12.8. The minimum atomic E-state index is -3.64. The molecule has 3 aromatic rings. The maximum Gasteiger partial charge on any atom is 0.261 e. The van der Waals surface area contributed by atoms with Crippen molar-refractivity contribution in [2.24, 2.45) is 5.92 Å². The van der Waals surface area contributed by atoms with E-state index in [1.165, 1.54) is 5.56 Å². The van der Waals surface area contributed by atoms with Crippen LogP contribution in [0, 0.1) is 5.92 Å². The van der Waals surface area contributed by atoms with Gasteiger partial charge in [0.25, 0.3) is 10.0 Å². The highest BCUT2D eigenvalue weighted by molar-refractivity contribution is 7.92. The molecule has 4 nitrogen and oxygen atoms in total. The van der Waals surface area contributed by atoms with Crippen LogP contribution >= 0.6 is 0 Å². The zero-order chi connectivity index (χ0) is 20.1. The lowest BCUT2D eigenvalue weighted by atomic mass is 9.87. The van der Waals surface area contributed by atoms with Crippen LogP contribution in [0.4, 0.5) is 5.69 Å². The van der Waals surface area contributed by atoms with Crippen molar-refractivity contribution in [3.63, 3.8) is 0 Å². The van der Waals surface area contributed by atoms with Crippen LogP contribution in [0.1, 0.15) is 51.0 Å². The number of anilines is 1. The summed E-state index contributed by atoms with van der Waals surface area (Å²) >= 11 is 0. The number of fused-ring (bicyclic) bond motifs is 3. The molecule has 148 valence electrons. The van der Waals surface area contributed by atoms with Crippen molar-refractivity contribution in [3.8, 4) is 0 Å². The van der Waals surface area contributed by atoms with E-state index < -0.39 is 10.0 Å². The third-order valence-corrected chi connectivity index (χ3v) is 6.98. The van der Waals surface area contributed by atoms with Crippen LogP contribution in [-0.4, -0.2) is 8.42 Å². The second kappa shape index (κ2) is 6.66. The van der Waals surface area contributed by atoms with E-state index in [1.54, 1.807) is 18.2 Å². The smallest absolute Gasteiger partial charge is 0.261 e. The van der Waals surface area contributed by atoms with Crippen molar-refractivity contribution in [2.75, 3.05) is 4.72 Å². The first-order chi connectivity index (χ1) is 13.1. The highest BCUT2D eigenvalue weighted by Gasteiger charge is 2.23. The molecule has 0 bridgehead atoms. The molecule has 4 rings (SSSR count). The zero-order valence-electron chi connectivity index (χ0n) is 16.9. The number of hydrogen-bond donors (Lipinski definition) is 1. The Labute approximate surface area is 167 Å². The largest absolute Gasteiger partial charge is 0.461 e. The SMILES string of the molecule is C[C@H]1CCc2c(oc3ccc(NS(=O)(=O)c4ccc(C(C)(C)C)cc4)cc23)C1. The first kappa shape index (κ1) is 19.1. The second-order valence-corrected chi connectivity index (χ2v) is 10.6. The number of hydrogen-bond acceptors (Lipinski definition) is 3.